The number of hydrogen-bond acceptors (Lipinski definition) is 7. The van der Waals surface area contributed by atoms with Crippen molar-refractivity contribution in [2.45, 2.75) is 6.92 Å². The number of amides is 1. The Morgan fingerprint density at radius 1 is 1.11 bits per heavy atom. The molecular formula is C26H24N6O3S. The van der Waals surface area contributed by atoms with Crippen LogP contribution < -0.4 is 15.4 Å². The number of phenolic OH excluding ortho intramolecular Hbond substituents is 1. The summed E-state index contributed by atoms with van der Waals surface area (Å²) < 4.78 is 5.25. The van der Waals surface area contributed by atoms with Crippen molar-refractivity contribution in [3.05, 3.63) is 83.4 Å². The predicted molar refractivity (Wildman–Crippen MR) is 146 cm³/mol. The van der Waals surface area contributed by atoms with Crippen LogP contribution in [0.3, 0.4) is 0 Å². The monoisotopic (exact) mass is 500 g/mol. The molecule has 9 nitrogen and oxygen atoms in total. The number of carbonyl (C=O) groups excluding carboxylic acids is 1. The Bertz CT molecular complexity index is 1370. The molecule has 1 aliphatic heterocycles. The van der Waals surface area contributed by atoms with Crippen LogP contribution in [0.4, 0.5) is 11.4 Å². The van der Waals surface area contributed by atoms with Crippen molar-refractivity contribution < 1.29 is 14.6 Å². The number of aliphatic imine (C=N–C) groups is 2. The van der Waals surface area contributed by atoms with Crippen LogP contribution in [0.15, 0.2) is 86.9 Å². The van der Waals surface area contributed by atoms with Crippen LogP contribution in [0, 0.1) is 6.92 Å². The molecule has 1 amide bonds. The number of methoxy groups -OCH3 is 1. The van der Waals surface area contributed by atoms with Gasteiger partial charge in [0.05, 0.1) is 30.5 Å². The average molecular weight is 501 g/mol. The minimum atomic E-state index is -0.0460. The lowest BCUT2D eigenvalue weighted by molar-refractivity contribution is -0.115. The maximum Gasteiger partial charge on any atom is 0.243 e. The summed E-state index contributed by atoms with van der Waals surface area (Å²) in [7, 11) is 1.61. The van der Waals surface area contributed by atoms with Crippen LogP contribution in [0.2, 0.25) is 0 Å². The van der Waals surface area contributed by atoms with Gasteiger partial charge >= 0.3 is 0 Å². The number of nitrogens with two attached hydrogens (primary N) is 1. The molecule has 3 N–H and O–H groups in total. The van der Waals surface area contributed by atoms with E-state index in [1.54, 1.807) is 42.5 Å². The second-order valence-electron chi connectivity index (χ2n) is 7.69. The number of hydrogen-bond donors (Lipinski definition) is 2. The van der Waals surface area contributed by atoms with Crippen molar-refractivity contribution in [1.82, 2.24) is 0 Å². The van der Waals surface area contributed by atoms with Gasteiger partial charge in [0, 0.05) is 5.56 Å². The van der Waals surface area contributed by atoms with E-state index in [9.17, 15) is 9.90 Å². The summed E-state index contributed by atoms with van der Waals surface area (Å²) in [6.07, 6.45) is 2.98. The van der Waals surface area contributed by atoms with Crippen molar-refractivity contribution in [2.24, 2.45) is 25.9 Å². The normalized spacial score (nSPS) is 15.5. The Balaban J connectivity index is 1.43. The largest absolute Gasteiger partial charge is 0.508 e. The Morgan fingerprint density at radius 3 is 2.56 bits per heavy atom. The SMILES string of the molecule is COc1ccc(N2C(=O)CS/C2=N\N=C\c2ccc(C(N)=NC=Nc3ccc(O)cc3)cc2)c(C)c1. The van der Waals surface area contributed by atoms with Gasteiger partial charge in [-0.3, -0.25) is 9.69 Å². The summed E-state index contributed by atoms with van der Waals surface area (Å²) in [4.78, 5) is 22.4. The standard InChI is InChI=1S/C26H24N6O3S/c1-17-13-22(35-2)11-12-23(17)32-24(34)15-36-26(32)31-30-14-18-3-5-19(6-4-18)25(27)29-16-28-20-7-9-21(33)10-8-20/h3-14,16,33H,15H2,1-2H3,(H2,27,28,29)/b30-14+,31-26-. The highest BCUT2D eigenvalue weighted by Gasteiger charge is 2.31. The van der Waals surface area contributed by atoms with E-state index in [-0.39, 0.29) is 11.7 Å². The lowest BCUT2D eigenvalue weighted by atomic mass is 10.1. The number of phenols is 1. The van der Waals surface area contributed by atoms with Gasteiger partial charge in [-0.15, -0.1) is 5.10 Å². The second kappa shape index (κ2) is 11.3. The van der Waals surface area contributed by atoms with Gasteiger partial charge in [0.2, 0.25) is 5.91 Å². The molecule has 1 heterocycles. The van der Waals surface area contributed by atoms with Crippen LogP contribution in [-0.4, -0.2) is 47.4 Å². The number of ether oxygens (including phenoxy) is 1. The Kier molecular flexibility index (Phi) is 7.76. The van der Waals surface area contributed by atoms with Gasteiger partial charge in [-0.25, -0.2) is 9.98 Å². The first-order valence-corrected chi connectivity index (χ1v) is 11.9. The van der Waals surface area contributed by atoms with E-state index in [2.05, 4.69) is 20.2 Å². The summed E-state index contributed by atoms with van der Waals surface area (Å²) in [6.45, 7) is 1.92. The molecule has 3 aromatic carbocycles. The fraction of sp³-hybridized carbons (Fsp3) is 0.115. The lowest BCUT2D eigenvalue weighted by Crippen LogP contribution is -2.29. The molecule has 36 heavy (non-hydrogen) atoms. The van der Waals surface area contributed by atoms with Crippen molar-refractivity contribution in [3.63, 3.8) is 0 Å². The smallest absolute Gasteiger partial charge is 0.243 e. The van der Waals surface area contributed by atoms with Crippen molar-refractivity contribution in [1.29, 1.82) is 0 Å². The predicted octanol–water partition coefficient (Wildman–Crippen LogP) is 4.24. The molecule has 0 saturated carbocycles. The highest BCUT2D eigenvalue weighted by atomic mass is 32.2. The van der Waals surface area contributed by atoms with Gasteiger partial charge in [0.25, 0.3) is 0 Å². The molecule has 1 saturated heterocycles. The van der Waals surface area contributed by atoms with E-state index < -0.39 is 0 Å². The first-order chi connectivity index (χ1) is 17.4. The molecule has 3 aromatic rings. The van der Waals surface area contributed by atoms with Gasteiger partial charge < -0.3 is 15.6 Å². The molecule has 4 rings (SSSR count). The summed E-state index contributed by atoms with van der Waals surface area (Å²) in [5.74, 6) is 1.48. The van der Waals surface area contributed by atoms with Crippen LogP contribution in [0.25, 0.3) is 0 Å². The van der Waals surface area contributed by atoms with Crippen molar-refractivity contribution >= 4 is 52.6 Å². The van der Waals surface area contributed by atoms with Gasteiger partial charge in [0.1, 0.15) is 23.7 Å². The first kappa shape index (κ1) is 24.7. The number of thioether (sulfide) groups is 1. The number of amidine groups is 2. The zero-order chi connectivity index (χ0) is 25.5. The number of nitrogens with zero attached hydrogens (tertiary/aromatic N) is 5. The maximum atomic E-state index is 12.5. The van der Waals surface area contributed by atoms with E-state index in [0.717, 1.165) is 28.1 Å². The summed E-state index contributed by atoms with van der Waals surface area (Å²) >= 11 is 1.34. The van der Waals surface area contributed by atoms with Crippen molar-refractivity contribution in [2.75, 3.05) is 17.8 Å². The van der Waals surface area contributed by atoms with E-state index in [1.807, 2.05) is 49.4 Å². The van der Waals surface area contributed by atoms with Gasteiger partial charge in [-0.2, -0.15) is 5.10 Å². The maximum absolute atomic E-state index is 12.5. The fourth-order valence-corrected chi connectivity index (χ4v) is 4.15. The molecule has 0 atom stereocenters. The number of anilines is 1. The van der Waals surface area contributed by atoms with Crippen LogP contribution in [0.5, 0.6) is 11.5 Å². The number of aryl methyl sites for hydroxylation is 1. The number of benzene rings is 3. The van der Waals surface area contributed by atoms with E-state index in [0.29, 0.717) is 22.4 Å². The molecule has 0 radical (unpaired) electrons. The third-order valence-corrected chi connectivity index (χ3v) is 6.13. The molecule has 1 fully saturated rings. The minimum Gasteiger partial charge on any atom is -0.508 e. The minimum absolute atomic E-state index is 0.0460. The number of carbonyl (C=O) groups is 1. The van der Waals surface area contributed by atoms with Gasteiger partial charge in [-0.1, -0.05) is 36.0 Å². The average Bonchev–Trinajstić information content (AvgIpc) is 3.25. The van der Waals surface area contributed by atoms with Crippen LogP contribution in [0.1, 0.15) is 16.7 Å². The summed E-state index contributed by atoms with van der Waals surface area (Å²) in [5, 5.41) is 18.3. The molecule has 0 aliphatic carbocycles. The highest BCUT2D eigenvalue weighted by molar-refractivity contribution is 8.15. The summed E-state index contributed by atoms with van der Waals surface area (Å²) in [6, 6.07) is 19.3. The fourth-order valence-electron chi connectivity index (χ4n) is 3.33. The molecule has 10 heteroatoms. The van der Waals surface area contributed by atoms with Gasteiger partial charge in [0.15, 0.2) is 5.17 Å². The van der Waals surface area contributed by atoms with Crippen molar-refractivity contribution in [3.8, 4) is 11.5 Å². The molecular weight excluding hydrogens is 476 g/mol. The topological polar surface area (TPSA) is 125 Å². The van der Waals surface area contributed by atoms with Crippen LogP contribution >= 0.6 is 11.8 Å². The quantitative estimate of drug-likeness (QED) is 0.285. The van der Waals surface area contributed by atoms with Crippen LogP contribution in [-0.2, 0) is 4.79 Å². The number of aromatic hydroxyl groups is 1. The van der Waals surface area contributed by atoms with E-state index in [1.165, 1.54) is 18.1 Å². The van der Waals surface area contributed by atoms with E-state index in [4.69, 9.17) is 10.5 Å². The molecule has 0 unspecified atom stereocenters. The third-order valence-electron chi connectivity index (χ3n) is 5.22. The molecule has 0 bridgehead atoms. The Morgan fingerprint density at radius 2 is 1.86 bits per heavy atom. The number of rotatable bonds is 7. The first-order valence-electron chi connectivity index (χ1n) is 10.9. The van der Waals surface area contributed by atoms with Gasteiger partial charge in [-0.05, 0) is 60.5 Å². The molecule has 0 spiro atoms. The summed E-state index contributed by atoms with van der Waals surface area (Å²) in [5.41, 5.74) is 9.91. The Labute approximate surface area is 212 Å². The zero-order valence-electron chi connectivity index (χ0n) is 19.7. The lowest BCUT2D eigenvalue weighted by Gasteiger charge is -2.18. The molecule has 1 aliphatic rings. The Hall–Kier alpha value is -4.44. The highest BCUT2D eigenvalue weighted by Crippen LogP contribution is 2.31. The molecule has 182 valence electrons. The third kappa shape index (κ3) is 5.97. The van der Waals surface area contributed by atoms with E-state index >= 15 is 0 Å². The molecule has 0 aromatic heterocycles. The zero-order valence-corrected chi connectivity index (χ0v) is 20.5. The second-order valence-corrected chi connectivity index (χ2v) is 8.64.